The molecule has 0 radical (unpaired) electrons. The van der Waals surface area contributed by atoms with Gasteiger partial charge in [0.25, 0.3) is 5.56 Å². The van der Waals surface area contributed by atoms with Crippen molar-refractivity contribution < 1.29 is 33.0 Å². The lowest BCUT2D eigenvalue weighted by Crippen LogP contribution is -2.53. The third-order valence-corrected chi connectivity index (χ3v) is 6.86. The maximum atomic E-state index is 13.5. The molecule has 5 N–H and O–H groups in total. The molecule has 0 amide bonds. The van der Waals surface area contributed by atoms with E-state index < -0.39 is 61.6 Å². The molecule has 0 unspecified atom stereocenters. The Morgan fingerprint density at radius 2 is 2.03 bits per heavy atom. The van der Waals surface area contributed by atoms with Gasteiger partial charge in [0, 0.05) is 12.3 Å². The van der Waals surface area contributed by atoms with Crippen molar-refractivity contribution in [1.29, 1.82) is 0 Å². The first-order valence-electron chi connectivity index (χ1n) is 10.3. The van der Waals surface area contributed by atoms with Crippen molar-refractivity contribution in [1.82, 2.24) is 14.6 Å². The van der Waals surface area contributed by atoms with Crippen LogP contribution < -0.4 is 26.6 Å². The molecule has 1 aromatic heterocycles. The Morgan fingerprint density at radius 3 is 2.65 bits per heavy atom. The van der Waals surface area contributed by atoms with Gasteiger partial charge >= 0.3 is 19.4 Å². The molecule has 34 heavy (non-hydrogen) atoms. The van der Waals surface area contributed by atoms with E-state index in [0.717, 1.165) is 10.6 Å². The number of aromatic nitrogens is 2. The minimum absolute atomic E-state index is 0.199. The Labute approximate surface area is 194 Å². The molecule has 13 nitrogen and oxygen atoms in total. The normalized spacial score (nSPS) is 27.0. The van der Waals surface area contributed by atoms with E-state index in [-0.39, 0.29) is 5.75 Å². The highest BCUT2D eigenvalue weighted by Crippen LogP contribution is 2.46. The Kier molecular flexibility index (Phi) is 7.76. The van der Waals surface area contributed by atoms with Gasteiger partial charge in [-0.1, -0.05) is 18.2 Å². The van der Waals surface area contributed by atoms with Crippen LogP contribution in [0.15, 0.2) is 52.2 Å². The van der Waals surface area contributed by atoms with E-state index in [0.29, 0.717) is 0 Å². The fourth-order valence-electron chi connectivity index (χ4n) is 3.39. The highest BCUT2D eigenvalue weighted by Gasteiger charge is 2.52. The van der Waals surface area contributed by atoms with Crippen LogP contribution in [0, 0.1) is 0 Å². The van der Waals surface area contributed by atoms with Crippen molar-refractivity contribution in [2.24, 2.45) is 5.73 Å². The minimum atomic E-state index is -4.19. The number of ether oxygens (including phenoxy) is 2. The van der Waals surface area contributed by atoms with E-state index in [4.69, 9.17) is 19.5 Å². The lowest BCUT2D eigenvalue weighted by Gasteiger charge is -2.28. The number of carbonyl (C=O) groups is 1. The maximum Gasteiger partial charge on any atom is 0.459 e. The van der Waals surface area contributed by atoms with E-state index >= 15 is 0 Å². The summed E-state index contributed by atoms with van der Waals surface area (Å²) in [5.41, 5.74) is 3.37. The number of nitrogens with two attached hydrogens (primary N) is 1. The van der Waals surface area contributed by atoms with Crippen molar-refractivity contribution in [3.8, 4) is 5.75 Å². The highest BCUT2D eigenvalue weighted by atomic mass is 31.2. The molecule has 0 spiro atoms. The standard InChI is InChI=1S/C20H27N4O9P/c1-12(17(27)30-3)23-34(29,33-13-7-5-4-6-8-13)31-11-14-16(26)20(2,21)18(32-14)24-10-9-15(25)22-19(24)28/h4-10,12,14,16,18,26H,11,21H2,1-3H3,(H,23,29)(H,22,25,28)/t12-,14+,16+,18+,20+,34-/m0/s1. The van der Waals surface area contributed by atoms with Gasteiger partial charge in [-0.3, -0.25) is 23.7 Å². The van der Waals surface area contributed by atoms with Crippen molar-refractivity contribution in [3.05, 3.63) is 63.4 Å². The van der Waals surface area contributed by atoms with E-state index in [1.807, 2.05) is 0 Å². The summed E-state index contributed by atoms with van der Waals surface area (Å²) in [5, 5.41) is 13.2. The van der Waals surface area contributed by atoms with Crippen molar-refractivity contribution in [3.63, 3.8) is 0 Å². The number of methoxy groups -OCH3 is 1. The number of rotatable bonds is 9. The van der Waals surface area contributed by atoms with Gasteiger partial charge in [0.05, 0.1) is 19.3 Å². The average molecular weight is 498 g/mol. The number of hydrogen-bond donors (Lipinski definition) is 4. The predicted octanol–water partition coefficient (Wildman–Crippen LogP) is -0.133. The molecule has 3 rings (SSSR count). The zero-order chi connectivity index (χ0) is 25.1. The van der Waals surface area contributed by atoms with Crippen LogP contribution in [-0.2, 0) is 23.4 Å². The van der Waals surface area contributed by atoms with E-state index in [1.165, 1.54) is 39.3 Å². The van der Waals surface area contributed by atoms with Gasteiger partial charge in [-0.2, -0.15) is 5.09 Å². The Balaban J connectivity index is 1.80. The topological polar surface area (TPSA) is 184 Å². The van der Waals surface area contributed by atoms with Crippen LogP contribution in [0.3, 0.4) is 0 Å². The van der Waals surface area contributed by atoms with Crippen molar-refractivity contribution in [2.45, 2.75) is 43.9 Å². The lowest BCUT2D eigenvalue weighted by molar-refractivity contribution is -0.142. The van der Waals surface area contributed by atoms with Gasteiger partial charge in [0.2, 0.25) is 0 Å². The van der Waals surface area contributed by atoms with E-state index in [2.05, 4.69) is 14.8 Å². The van der Waals surface area contributed by atoms with Crippen LogP contribution in [-0.4, -0.2) is 58.1 Å². The molecule has 1 saturated heterocycles. The molecular weight excluding hydrogens is 471 g/mol. The highest BCUT2D eigenvalue weighted by molar-refractivity contribution is 7.52. The number of aliphatic hydroxyl groups excluding tert-OH is 1. The van der Waals surface area contributed by atoms with Crippen molar-refractivity contribution in [2.75, 3.05) is 13.7 Å². The van der Waals surface area contributed by atoms with Crippen LogP contribution in [0.2, 0.25) is 0 Å². The van der Waals surface area contributed by atoms with E-state index in [1.54, 1.807) is 18.2 Å². The summed E-state index contributed by atoms with van der Waals surface area (Å²) in [7, 11) is -3.02. The molecule has 2 aromatic rings. The fraction of sp³-hybridized carbons (Fsp3) is 0.450. The number of benzene rings is 1. The van der Waals surface area contributed by atoms with Gasteiger partial charge in [-0.25, -0.2) is 9.36 Å². The first kappa shape index (κ1) is 25.8. The molecule has 1 aromatic carbocycles. The number of carbonyl (C=O) groups excluding carboxylic acids is 1. The summed E-state index contributed by atoms with van der Waals surface area (Å²) < 4.78 is 35.9. The first-order chi connectivity index (χ1) is 16.0. The summed E-state index contributed by atoms with van der Waals surface area (Å²) >= 11 is 0. The lowest BCUT2D eigenvalue weighted by atomic mass is 9.93. The van der Waals surface area contributed by atoms with Crippen LogP contribution in [0.1, 0.15) is 20.1 Å². The summed E-state index contributed by atoms with van der Waals surface area (Å²) in [6, 6.07) is 8.16. The zero-order valence-electron chi connectivity index (χ0n) is 18.7. The molecule has 0 aliphatic carbocycles. The first-order valence-corrected chi connectivity index (χ1v) is 11.8. The fourth-order valence-corrected chi connectivity index (χ4v) is 4.89. The van der Waals surface area contributed by atoms with Crippen LogP contribution >= 0.6 is 7.75 Å². The molecule has 6 atom stereocenters. The molecule has 1 aliphatic rings. The summed E-state index contributed by atoms with van der Waals surface area (Å²) in [6.07, 6.45) is -2.48. The number of nitrogens with zero attached hydrogens (tertiary/aromatic N) is 1. The quantitative estimate of drug-likeness (QED) is 0.267. The summed E-state index contributed by atoms with van der Waals surface area (Å²) in [6.45, 7) is 2.39. The average Bonchev–Trinajstić information content (AvgIpc) is 3.01. The smallest absolute Gasteiger partial charge is 0.459 e. The molecule has 0 bridgehead atoms. The number of para-hydroxylation sites is 1. The van der Waals surface area contributed by atoms with Crippen LogP contribution in [0.25, 0.3) is 0 Å². The predicted molar refractivity (Wildman–Crippen MR) is 119 cm³/mol. The van der Waals surface area contributed by atoms with Gasteiger partial charge < -0.3 is 24.8 Å². The SMILES string of the molecule is COC(=O)[C@H](C)N[P@](=O)(OC[C@H]1O[C@@H](n2ccc(=O)[nH]c2=O)[C@](C)(N)[C@@H]1O)Oc1ccccc1. The molecule has 2 heterocycles. The number of aromatic amines is 1. The second-order valence-electron chi connectivity index (χ2n) is 7.93. The maximum absolute atomic E-state index is 13.5. The van der Waals surface area contributed by atoms with Gasteiger partial charge in [0.15, 0.2) is 6.23 Å². The van der Waals surface area contributed by atoms with Gasteiger partial charge in [-0.15, -0.1) is 0 Å². The van der Waals surface area contributed by atoms with Crippen molar-refractivity contribution >= 4 is 13.7 Å². The monoisotopic (exact) mass is 498 g/mol. The number of esters is 1. The third kappa shape index (κ3) is 5.63. The van der Waals surface area contributed by atoms with Gasteiger partial charge in [-0.05, 0) is 26.0 Å². The molecule has 0 saturated carbocycles. The zero-order valence-corrected chi connectivity index (χ0v) is 19.6. The number of hydrogen-bond acceptors (Lipinski definition) is 10. The summed E-state index contributed by atoms with van der Waals surface area (Å²) in [4.78, 5) is 37.5. The summed E-state index contributed by atoms with van der Waals surface area (Å²) in [5.74, 6) is -0.505. The Hall–Kier alpha value is -2.80. The number of H-pyrrole nitrogens is 1. The second kappa shape index (κ2) is 10.2. The minimum Gasteiger partial charge on any atom is -0.468 e. The second-order valence-corrected chi connectivity index (χ2v) is 9.62. The van der Waals surface area contributed by atoms with Crippen LogP contribution in [0.4, 0.5) is 0 Å². The van der Waals surface area contributed by atoms with Gasteiger partial charge in [0.1, 0.15) is 24.0 Å². The Bertz CT molecular complexity index is 1170. The van der Waals surface area contributed by atoms with Crippen LogP contribution in [0.5, 0.6) is 5.75 Å². The number of nitrogens with one attached hydrogen (secondary N) is 2. The molecule has 1 aliphatic heterocycles. The Morgan fingerprint density at radius 1 is 1.35 bits per heavy atom. The molecular formula is C20H27N4O9P. The third-order valence-electron chi connectivity index (χ3n) is 5.21. The number of aliphatic hydroxyl groups is 1. The van der Waals surface area contributed by atoms with E-state index in [9.17, 15) is 24.1 Å². The molecule has 1 fully saturated rings. The molecule has 14 heteroatoms. The molecule has 186 valence electrons. The largest absolute Gasteiger partial charge is 0.468 e.